The van der Waals surface area contributed by atoms with Gasteiger partial charge in [0.15, 0.2) is 0 Å². The van der Waals surface area contributed by atoms with Gasteiger partial charge in [-0.3, -0.25) is 4.98 Å². The van der Waals surface area contributed by atoms with Crippen molar-refractivity contribution in [1.82, 2.24) is 15.3 Å². The van der Waals surface area contributed by atoms with Gasteiger partial charge in [-0.25, -0.2) is 9.78 Å². The maximum absolute atomic E-state index is 12.7. The molecular formula is C21H22N4O3. The van der Waals surface area contributed by atoms with E-state index in [-0.39, 0.29) is 18.2 Å². The SMILES string of the molecule is Cc1c(NC(=O)N[C@H]2CCCO[C@@H]2c2ccncc2)cccc1-c1ncco1. The Balaban J connectivity index is 1.47. The number of nitrogens with one attached hydrogen (secondary N) is 2. The average molecular weight is 378 g/mol. The highest BCUT2D eigenvalue weighted by molar-refractivity contribution is 5.91. The summed E-state index contributed by atoms with van der Waals surface area (Å²) in [7, 11) is 0. The molecular weight excluding hydrogens is 356 g/mol. The number of hydrogen-bond acceptors (Lipinski definition) is 5. The number of aromatic nitrogens is 2. The Hall–Kier alpha value is -3.19. The number of oxazole rings is 1. The predicted molar refractivity (Wildman–Crippen MR) is 105 cm³/mol. The van der Waals surface area contributed by atoms with E-state index < -0.39 is 0 Å². The van der Waals surface area contributed by atoms with Crippen molar-refractivity contribution < 1.29 is 13.9 Å². The zero-order valence-corrected chi connectivity index (χ0v) is 15.6. The van der Waals surface area contributed by atoms with Crippen LogP contribution in [0, 0.1) is 6.92 Å². The van der Waals surface area contributed by atoms with Gasteiger partial charge >= 0.3 is 6.03 Å². The van der Waals surface area contributed by atoms with Crippen LogP contribution in [0.2, 0.25) is 0 Å². The number of anilines is 1. The molecule has 0 spiro atoms. The molecule has 1 fully saturated rings. The molecule has 1 aliphatic heterocycles. The molecule has 2 aromatic heterocycles. The number of benzene rings is 1. The lowest BCUT2D eigenvalue weighted by Crippen LogP contribution is -2.44. The number of carbonyl (C=O) groups excluding carboxylic acids is 1. The third kappa shape index (κ3) is 3.89. The fraction of sp³-hybridized carbons (Fsp3) is 0.286. The molecule has 1 saturated heterocycles. The van der Waals surface area contributed by atoms with E-state index in [1.165, 1.54) is 6.26 Å². The van der Waals surface area contributed by atoms with Crippen molar-refractivity contribution >= 4 is 11.7 Å². The van der Waals surface area contributed by atoms with Gasteiger partial charge in [0.2, 0.25) is 5.89 Å². The van der Waals surface area contributed by atoms with Crippen LogP contribution in [-0.2, 0) is 4.74 Å². The smallest absolute Gasteiger partial charge is 0.319 e. The maximum Gasteiger partial charge on any atom is 0.319 e. The Labute approximate surface area is 163 Å². The van der Waals surface area contributed by atoms with E-state index in [2.05, 4.69) is 20.6 Å². The molecule has 4 rings (SSSR count). The van der Waals surface area contributed by atoms with Crippen LogP contribution in [0.15, 0.2) is 59.6 Å². The van der Waals surface area contributed by atoms with Crippen molar-refractivity contribution in [2.24, 2.45) is 0 Å². The maximum atomic E-state index is 12.7. The van der Waals surface area contributed by atoms with Gasteiger partial charge in [-0.15, -0.1) is 0 Å². The molecule has 7 heteroatoms. The highest BCUT2D eigenvalue weighted by atomic mass is 16.5. The van der Waals surface area contributed by atoms with Crippen LogP contribution in [0.25, 0.3) is 11.5 Å². The Morgan fingerprint density at radius 2 is 2.04 bits per heavy atom. The van der Waals surface area contributed by atoms with Gasteiger partial charge in [-0.2, -0.15) is 0 Å². The van der Waals surface area contributed by atoms with Crippen LogP contribution in [0.4, 0.5) is 10.5 Å². The molecule has 0 unspecified atom stereocenters. The lowest BCUT2D eigenvalue weighted by molar-refractivity contribution is -0.00701. The van der Waals surface area contributed by atoms with Gasteiger partial charge in [0.05, 0.1) is 12.2 Å². The summed E-state index contributed by atoms with van der Waals surface area (Å²) >= 11 is 0. The summed E-state index contributed by atoms with van der Waals surface area (Å²) in [4.78, 5) is 20.9. The molecule has 3 aromatic rings. The van der Waals surface area contributed by atoms with Crippen LogP contribution in [0.5, 0.6) is 0 Å². The lowest BCUT2D eigenvalue weighted by atomic mass is 9.97. The molecule has 2 amide bonds. The van der Waals surface area contributed by atoms with Gasteiger partial charge in [0.1, 0.15) is 12.4 Å². The highest BCUT2D eigenvalue weighted by Gasteiger charge is 2.29. The van der Waals surface area contributed by atoms with Crippen LogP contribution in [0.1, 0.15) is 30.1 Å². The van der Waals surface area contributed by atoms with Gasteiger partial charge in [0.25, 0.3) is 0 Å². The molecule has 3 heterocycles. The van der Waals surface area contributed by atoms with Gasteiger partial charge in [-0.05, 0) is 55.2 Å². The molecule has 2 N–H and O–H groups in total. The molecule has 1 aliphatic rings. The minimum absolute atomic E-state index is 0.105. The fourth-order valence-electron chi connectivity index (χ4n) is 3.50. The third-order valence-corrected chi connectivity index (χ3v) is 4.92. The second kappa shape index (κ2) is 8.22. The van der Waals surface area contributed by atoms with Crippen molar-refractivity contribution in [2.45, 2.75) is 31.9 Å². The quantitative estimate of drug-likeness (QED) is 0.714. The predicted octanol–water partition coefficient (Wildman–Crippen LogP) is 4.09. The van der Waals surface area contributed by atoms with E-state index in [4.69, 9.17) is 9.15 Å². The molecule has 0 radical (unpaired) electrons. The number of nitrogens with zero attached hydrogens (tertiary/aromatic N) is 2. The van der Waals surface area contributed by atoms with Crippen LogP contribution >= 0.6 is 0 Å². The first-order chi connectivity index (χ1) is 13.7. The highest BCUT2D eigenvalue weighted by Crippen LogP contribution is 2.29. The first kappa shape index (κ1) is 18.2. The molecule has 1 aromatic carbocycles. The molecule has 2 atom stereocenters. The van der Waals surface area contributed by atoms with E-state index in [9.17, 15) is 4.79 Å². The number of pyridine rings is 1. The number of urea groups is 1. The molecule has 28 heavy (non-hydrogen) atoms. The number of hydrogen-bond donors (Lipinski definition) is 2. The molecule has 7 nitrogen and oxygen atoms in total. The fourth-order valence-corrected chi connectivity index (χ4v) is 3.50. The topological polar surface area (TPSA) is 89.3 Å². The number of amides is 2. The Morgan fingerprint density at radius 1 is 1.18 bits per heavy atom. The summed E-state index contributed by atoms with van der Waals surface area (Å²) in [6.45, 7) is 2.61. The molecule has 0 saturated carbocycles. The summed E-state index contributed by atoms with van der Waals surface area (Å²) in [5.74, 6) is 0.528. The summed E-state index contributed by atoms with van der Waals surface area (Å²) < 4.78 is 11.3. The zero-order valence-electron chi connectivity index (χ0n) is 15.6. The van der Waals surface area contributed by atoms with Crippen molar-refractivity contribution in [3.8, 4) is 11.5 Å². The van der Waals surface area contributed by atoms with Crippen molar-refractivity contribution in [3.05, 3.63) is 66.3 Å². The summed E-state index contributed by atoms with van der Waals surface area (Å²) in [5, 5.41) is 6.01. The number of carbonyl (C=O) groups is 1. The van der Waals surface area contributed by atoms with Crippen LogP contribution < -0.4 is 10.6 Å². The van der Waals surface area contributed by atoms with Crippen LogP contribution in [0.3, 0.4) is 0 Å². The minimum Gasteiger partial charge on any atom is -0.445 e. The standard InChI is InChI=1S/C21H22N4O3/c1-14-16(20-23-11-13-28-20)4-2-5-17(14)24-21(26)25-18-6-3-12-27-19(18)15-7-9-22-10-8-15/h2,4-5,7-11,13,18-19H,3,6,12H2,1H3,(H2,24,25,26)/t18-,19+/m0/s1. The van der Waals surface area contributed by atoms with E-state index >= 15 is 0 Å². The molecule has 0 aliphatic carbocycles. The van der Waals surface area contributed by atoms with Gasteiger partial charge in [0, 0.05) is 30.3 Å². The number of rotatable bonds is 4. The molecule has 0 bridgehead atoms. The average Bonchev–Trinajstić information content (AvgIpc) is 3.25. The van der Waals surface area contributed by atoms with Crippen LogP contribution in [-0.4, -0.2) is 28.6 Å². The van der Waals surface area contributed by atoms with Crippen molar-refractivity contribution in [1.29, 1.82) is 0 Å². The lowest BCUT2D eigenvalue weighted by Gasteiger charge is -2.32. The van der Waals surface area contributed by atoms with E-state index in [0.29, 0.717) is 18.2 Å². The van der Waals surface area contributed by atoms with Gasteiger partial charge in [-0.1, -0.05) is 6.07 Å². The number of ether oxygens (including phenoxy) is 1. The third-order valence-electron chi connectivity index (χ3n) is 4.92. The summed E-state index contributed by atoms with van der Waals surface area (Å²) in [6.07, 6.45) is 8.20. The first-order valence-electron chi connectivity index (χ1n) is 9.31. The second-order valence-corrected chi connectivity index (χ2v) is 6.73. The largest absolute Gasteiger partial charge is 0.445 e. The second-order valence-electron chi connectivity index (χ2n) is 6.73. The summed E-state index contributed by atoms with van der Waals surface area (Å²) in [5.41, 5.74) is 3.47. The Kier molecular flexibility index (Phi) is 5.34. The molecule has 144 valence electrons. The van der Waals surface area contributed by atoms with Crippen molar-refractivity contribution in [2.75, 3.05) is 11.9 Å². The minimum atomic E-state index is -0.262. The van der Waals surface area contributed by atoms with E-state index in [0.717, 1.165) is 29.5 Å². The monoisotopic (exact) mass is 378 g/mol. The van der Waals surface area contributed by atoms with Gasteiger partial charge < -0.3 is 19.8 Å². The normalized spacial score (nSPS) is 19.2. The zero-order chi connectivity index (χ0) is 19.3. The summed E-state index contributed by atoms with van der Waals surface area (Å²) in [6, 6.07) is 9.12. The van der Waals surface area contributed by atoms with E-state index in [1.807, 2.05) is 37.3 Å². The van der Waals surface area contributed by atoms with Crippen molar-refractivity contribution in [3.63, 3.8) is 0 Å². The Morgan fingerprint density at radius 3 is 2.82 bits per heavy atom. The van der Waals surface area contributed by atoms with E-state index in [1.54, 1.807) is 18.6 Å². The Bertz CT molecular complexity index is 928. The first-order valence-corrected chi connectivity index (χ1v) is 9.31.